The molecule has 1 aliphatic rings. The molecule has 0 aliphatic heterocycles. The Labute approximate surface area is 130 Å². The van der Waals surface area contributed by atoms with E-state index in [4.69, 9.17) is 5.73 Å². The summed E-state index contributed by atoms with van der Waals surface area (Å²) in [5, 5.41) is 5.40. The van der Waals surface area contributed by atoms with Crippen molar-refractivity contribution in [2.24, 2.45) is 17.1 Å². The van der Waals surface area contributed by atoms with Gasteiger partial charge in [-0.2, -0.15) is 0 Å². The quantitative estimate of drug-likeness (QED) is 0.749. The summed E-state index contributed by atoms with van der Waals surface area (Å²) < 4.78 is 0. The van der Waals surface area contributed by atoms with Crippen molar-refractivity contribution in [2.75, 3.05) is 11.9 Å². The minimum atomic E-state index is -0.584. The predicted octanol–water partition coefficient (Wildman–Crippen LogP) is 0.928. The Morgan fingerprint density at radius 3 is 2.55 bits per heavy atom. The third-order valence-corrected chi connectivity index (χ3v) is 3.55. The van der Waals surface area contributed by atoms with E-state index in [9.17, 15) is 9.59 Å². The Bertz CT molecular complexity index is 563. The summed E-state index contributed by atoms with van der Waals surface area (Å²) in [6.45, 7) is 5.75. The van der Waals surface area contributed by atoms with Gasteiger partial charge in [0.2, 0.25) is 5.91 Å². The second kappa shape index (κ2) is 6.39. The maximum absolute atomic E-state index is 12.2. The highest BCUT2D eigenvalue weighted by Crippen LogP contribution is 2.31. The zero-order chi connectivity index (χ0) is 16.3. The summed E-state index contributed by atoms with van der Waals surface area (Å²) in [5.74, 6) is 0.0623. The Morgan fingerprint density at radius 1 is 1.32 bits per heavy atom. The number of aromatic nitrogens is 2. The smallest absolute Gasteiger partial charge is 0.273 e. The number of hydrogen-bond donors (Lipinski definition) is 3. The molecule has 1 fully saturated rings. The molecule has 7 heteroatoms. The highest BCUT2D eigenvalue weighted by atomic mass is 16.2. The van der Waals surface area contributed by atoms with Gasteiger partial charge in [-0.05, 0) is 18.8 Å². The average Bonchev–Trinajstić information content (AvgIpc) is 3.28. The van der Waals surface area contributed by atoms with Gasteiger partial charge in [0.25, 0.3) is 5.91 Å². The molecule has 1 aromatic rings. The lowest BCUT2D eigenvalue weighted by atomic mass is 9.96. The SMILES string of the molecule is CC(C)(C)C(=O)Nc1nccnc1C(=O)NCC(N)C1CC1. The lowest BCUT2D eigenvalue weighted by Gasteiger charge is -2.18. The topological polar surface area (TPSA) is 110 Å². The zero-order valence-electron chi connectivity index (χ0n) is 13.2. The Morgan fingerprint density at radius 2 is 1.95 bits per heavy atom. The molecule has 1 saturated carbocycles. The number of anilines is 1. The molecule has 4 N–H and O–H groups in total. The van der Waals surface area contributed by atoms with Gasteiger partial charge >= 0.3 is 0 Å². The number of nitrogens with zero attached hydrogens (tertiary/aromatic N) is 2. The molecule has 0 bridgehead atoms. The number of carbonyl (C=O) groups is 2. The molecule has 2 amide bonds. The van der Waals surface area contributed by atoms with Gasteiger partial charge in [0.15, 0.2) is 11.5 Å². The molecular formula is C15H23N5O2. The predicted molar refractivity (Wildman–Crippen MR) is 83.1 cm³/mol. The lowest BCUT2D eigenvalue weighted by Crippen LogP contribution is -2.39. The van der Waals surface area contributed by atoms with E-state index in [1.807, 2.05) is 0 Å². The van der Waals surface area contributed by atoms with E-state index in [2.05, 4.69) is 20.6 Å². The molecule has 7 nitrogen and oxygen atoms in total. The van der Waals surface area contributed by atoms with E-state index in [1.165, 1.54) is 12.4 Å². The number of rotatable bonds is 5. The third-order valence-electron chi connectivity index (χ3n) is 3.55. The van der Waals surface area contributed by atoms with Crippen LogP contribution in [-0.4, -0.2) is 34.4 Å². The lowest BCUT2D eigenvalue weighted by molar-refractivity contribution is -0.123. The first-order valence-electron chi connectivity index (χ1n) is 7.45. The molecule has 1 unspecified atom stereocenters. The van der Waals surface area contributed by atoms with Crippen LogP contribution in [0, 0.1) is 11.3 Å². The molecule has 1 heterocycles. The van der Waals surface area contributed by atoms with Crippen molar-refractivity contribution >= 4 is 17.6 Å². The first-order valence-corrected chi connectivity index (χ1v) is 7.45. The number of hydrogen-bond acceptors (Lipinski definition) is 5. The zero-order valence-corrected chi connectivity index (χ0v) is 13.2. The van der Waals surface area contributed by atoms with E-state index in [-0.39, 0.29) is 29.4 Å². The monoisotopic (exact) mass is 305 g/mol. The minimum absolute atomic E-state index is 0.0340. The first-order chi connectivity index (χ1) is 10.3. The largest absolute Gasteiger partial charge is 0.349 e. The molecule has 0 saturated heterocycles. The second-order valence-electron chi connectivity index (χ2n) is 6.67. The van der Waals surface area contributed by atoms with Crippen molar-refractivity contribution in [3.05, 3.63) is 18.1 Å². The average molecular weight is 305 g/mol. The maximum Gasteiger partial charge on any atom is 0.273 e. The van der Waals surface area contributed by atoms with E-state index < -0.39 is 5.41 Å². The number of carbonyl (C=O) groups excluding carboxylic acids is 2. The normalized spacial score (nSPS) is 16.0. The van der Waals surface area contributed by atoms with Crippen LogP contribution in [0.2, 0.25) is 0 Å². The van der Waals surface area contributed by atoms with E-state index in [0.29, 0.717) is 12.5 Å². The van der Waals surface area contributed by atoms with Gasteiger partial charge in [-0.15, -0.1) is 0 Å². The molecule has 0 aromatic carbocycles. The van der Waals surface area contributed by atoms with Gasteiger partial charge in [-0.25, -0.2) is 9.97 Å². The molecular weight excluding hydrogens is 282 g/mol. The summed E-state index contributed by atoms with van der Waals surface area (Å²) in [6, 6.07) is -0.0340. The molecule has 22 heavy (non-hydrogen) atoms. The Kier molecular flexibility index (Phi) is 4.75. The number of amides is 2. The van der Waals surface area contributed by atoms with Crippen LogP contribution < -0.4 is 16.4 Å². The van der Waals surface area contributed by atoms with Crippen molar-refractivity contribution < 1.29 is 9.59 Å². The van der Waals surface area contributed by atoms with Crippen LogP contribution in [0.1, 0.15) is 44.1 Å². The summed E-state index contributed by atoms with van der Waals surface area (Å²) in [7, 11) is 0. The van der Waals surface area contributed by atoms with Crippen molar-refractivity contribution in [3.8, 4) is 0 Å². The highest BCUT2D eigenvalue weighted by Gasteiger charge is 2.29. The van der Waals surface area contributed by atoms with Gasteiger partial charge in [-0.3, -0.25) is 9.59 Å². The number of nitrogens with one attached hydrogen (secondary N) is 2. The molecule has 1 aromatic heterocycles. The fourth-order valence-corrected chi connectivity index (χ4v) is 1.88. The van der Waals surface area contributed by atoms with E-state index in [1.54, 1.807) is 20.8 Å². The highest BCUT2D eigenvalue weighted by molar-refractivity contribution is 6.02. The van der Waals surface area contributed by atoms with Crippen LogP contribution in [0.3, 0.4) is 0 Å². The van der Waals surface area contributed by atoms with Gasteiger partial charge < -0.3 is 16.4 Å². The van der Waals surface area contributed by atoms with Crippen LogP contribution in [0.25, 0.3) is 0 Å². The molecule has 0 radical (unpaired) electrons. The van der Waals surface area contributed by atoms with Crippen molar-refractivity contribution in [1.29, 1.82) is 0 Å². The van der Waals surface area contributed by atoms with Gasteiger partial charge in [-0.1, -0.05) is 20.8 Å². The van der Waals surface area contributed by atoms with E-state index >= 15 is 0 Å². The fourth-order valence-electron chi connectivity index (χ4n) is 1.88. The fraction of sp³-hybridized carbons (Fsp3) is 0.600. The van der Waals surface area contributed by atoms with Crippen molar-refractivity contribution in [3.63, 3.8) is 0 Å². The Hall–Kier alpha value is -2.02. The van der Waals surface area contributed by atoms with Gasteiger partial charge in [0.1, 0.15) is 0 Å². The summed E-state index contributed by atoms with van der Waals surface area (Å²) in [5.41, 5.74) is 5.48. The summed E-state index contributed by atoms with van der Waals surface area (Å²) in [6.07, 6.45) is 5.09. The second-order valence-corrected chi connectivity index (χ2v) is 6.67. The summed E-state index contributed by atoms with van der Waals surface area (Å²) >= 11 is 0. The van der Waals surface area contributed by atoms with Crippen LogP contribution >= 0.6 is 0 Å². The molecule has 1 atom stereocenters. The van der Waals surface area contributed by atoms with Crippen LogP contribution in [0.15, 0.2) is 12.4 Å². The number of nitrogens with two attached hydrogens (primary N) is 1. The Balaban J connectivity index is 2.03. The van der Waals surface area contributed by atoms with E-state index in [0.717, 1.165) is 12.8 Å². The van der Waals surface area contributed by atoms with Crippen molar-refractivity contribution in [1.82, 2.24) is 15.3 Å². The minimum Gasteiger partial charge on any atom is -0.349 e. The van der Waals surface area contributed by atoms with Crippen LogP contribution in [0.5, 0.6) is 0 Å². The molecule has 1 aliphatic carbocycles. The van der Waals surface area contributed by atoms with Gasteiger partial charge in [0, 0.05) is 30.4 Å². The standard InChI is InChI=1S/C15H23N5O2/c1-15(2,3)14(22)20-12-11(17-6-7-18-12)13(21)19-8-10(16)9-4-5-9/h6-7,9-10H,4-5,8,16H2,1-3H3,(H,19,21)(H,18,20,22). The van der Waals surface area contributed by atoms with Crippen LogP contribution in [-0.2, 0) is 4.79 Å². The molecule has 0 spiro atoms. The third kappa shape index (κ3) is 4.24. The maximum atomic E-state index is 12.2. The van der Waals surface area contributed by atoms with Crippen LogP contribution in [0.4, 0.5) is 5.82 Å². The molecule has 120 valence electrons. The summed E-state index contributed by atoms with van der Waals surface area (Å²) in [4.78, 5) is 32.3. The first kappa shape index (κ1) is 16.4. The van der Waals surface area contributed by atoms with Crippen molar-refractivity contribution in [2.45, 2.75) is 39.7 Å². The molecule has 2 rings (SSSR count). The van der Waals surface area contributed by atoms with Gasteiger partial charge in [0.05, 0.1) is 0 Å².